The van der Waals surface area contributed by atoms with Gasteiger partial charge in [0, 0.05) is 17.5 Å². The van der Waals surface area contributed by atoms with Crippen LogP contribution in [0.15, 0.2) is 59.5 Å². The highest BCUT2D eigenvalue weighted by Gasteiger charge is 2.09. The van der Waals surface area contributed by atoms with Crippen molar-refractivity contribution < 1.29 is 0 Å². The molecule has 2 rings (SSSR count). The van der Waals surface area contributed by atoms with Gasteiger partial charge in [-0.1, -0.05) is 49.4 Å². The van der Waals surface area contributed by atoms with Crippen molar-refractivity contribution in [3.8, 4) is 0 Å². The molecule has 0 amide bonds. The highest BCUT2D eigenvalue weighted by Crippen LogP contribution is 2.20. The summed E-state index contributed by atoms with van der Waals surface area (Å²) in [6.07, 6.45) is 2.11. The molecule has 0 heterocycles. The summed E-state index contributed by atoms with van der Waals surface area (Å²) >= 11 is 1.78. The van der Waals surface area contributed by atoms with E-state index in [4.69, 9.17) is 0 Å². The topological polar surface area (TPSA) is 12.0 Å². The Hall–Kier alpha value is -1.25. The number of benzene rings is 2. The van der Waals surface area contributed by atoms with Gasteiger partial charge in [0.15, 0.2) is 0 Å². The molecule has 2 heteroatoms. The maximum atomic E-state index is 3.63. The zero-order chi connectivity index (χ0) is 14.4. The summed E-state index contributed by atoms with van der Waals surface area (Å²) < 4.78 is 0. The van der Waals surface area contributed by atoms with Gasteiger partial charge in [0.2, 0.25) is 0 Å². The summed E-state index contributed by atoms with van der Waals surface area (Å²) in [7, 11) is 0. The average molecular weight is 285 g/mol. The van der Waals surface area contributed by atoms with Gasteiger partial charge >= 0.3 is 0 Å². The number of nitrogens with one attached hydrogen (secondary N) is 1. The van der Waals surface area contributed by atoms with Gasteiger partial charge in [0.05, 0.1) is 0 Å². The van der Waals surface area contributed by atoms with Gasteiger partial charge in [-0.25, -0.2) is 0 Å². The van der Waals surface area contributed by atoms with Crippen molar-refractivity contribution in [3.05, 3.63) is 65.7 Å². The molecule has 0 aliphatic heterocycles. The van der Waals surface area contributed by atoms with E-state index in [2.05, 4.69) is 80.0 Å². The summed E-state index contributed by atoms with van der Waals surface area (Å²) in [4.78, 5) is 1.32. The molecule has 106 valence electrons. The van der Waals surface area contributed by atoms with E-state index in [0.717, 1.165) is 6.54 Å². The average Bonchev–Trinajstić information content (AvgIpc) is 2.53. The molecular formula is C18H23NS. The van der Waals surface area contributed by atoms with Crippen LogP contribution >= 0.6 is 11.8 Å². The zero-order valence-electron chi connectivity index (χ0n) is 12.5. The Labute approximate surface area is 126 Å². The van der Waals surface area contributed by atoms with Gasteiger partial charge in [-0.2, -0.15) is 0 Å². The fourth-order valence-electron chi connectivity index (χ4n) is 2.26. The minimum absolute atomic E-state index is 0.386. The summed E-state index contributed by atoms with van der Waals surface area (Å²) in [6, 6.07) is 19.9. The molecule has 0 aliphatic rings. The maximum Gasteiger partial charge on any atom is 0.0292 e. The molecule has 2 unspecified atom stereocenters. The Balaban J connectivity index is 1.89. The molecule has 0 spiro atoms. The lowest BCUT2D eigenvalue weighted by atomic mass is 10.0. The third-order valence-corrected chi connectivity index (χ3v) is 4.46. The first-order valence-electron chi connectivity index (χ1n) is 7.13. The minimum Gasteiger partial charge on any atom is -0.310 e. The summed E-state index contributed by atoms with van der Waals surface area (Å²) in [5.41, 5.74) is 2.74. The number of hydrogen-bond acceptors (Lipinski definition) is 2. The van der Waals surface area contributed by atoms with Crippen molar-refractivity contribution in [2.24, 2.45) is 0 Å². The van der Waals surface area contributed by atoms with Gasteiger partial charge in [0.1, 0.15) is 0 Å². The van der Waals surface area contributed by atoms with Crippen LogP contribution < -0.4 is 5.32 Å². The van der Waals surface area contributed by atoms with E-state index in [1.54, 1.807) is 11.8 Å². The van der Waals surface area contributed by atoms with Gasteiger partial charge < -0.3 is 5.32 Å². The first kappa shape index (κ1) is 15.1. The van der Waals surface area contributed by atoms with Gasteiger partial charge in [0.25, 0.3) is 0 Å². The lowest BCUT2D eigenvalue weighted by Crippen LogP contribution is -2.23. The monoisotopic (exact) mass is 285 g/mol. The second kappa shape index (κ2) is 7.51. The molecule has 2 atom stereocenters. The van der Waals surface area contributed by atoms with Gasteiger partial charge in [-0.3, -0.25) is 0 Å². The molecule has 2 aromatic carbocycles. The quantitative estimate of drug-likeness (QED) is 0.760. The maximum absolute atomic E-state index is 3.63. The summed E-state index contributed by atoms with van der Waals surface area (Å²) in [5.74, 6) is 0.532. The predicted octanol–water partition coefficient (Wildman–Crippen LogP) is 4.86. The van der Waals surface area contributed by atoms with E-state index >= 15 is 0 Å². The Morgan fingerprint density at radius 3 is 2.15 bits per heavy atom. The van der Waals surface area contributed by atoms with Crippen LogP contribution in [0.1, 0.15) is 36.9 Å². The molecule has 0 bridgehead atoms. The third kappa shape index (κ3) is 4.12. The van der Waals surface area contributed by atoms with E-state index in [1.807, 2.05) is 0 Å². The first-order chi connectivity index (χ1) is 9.70. The number of hydrogen-bond donors (Lipinski definition) is 1. The SMILES string of the molecule is CSc1ccc(C(C)NCC(C)c2ccccc2)cc1. The van der Waals surface area contributed by atoms with Crippen LogP contribution in [0, 0.1) is 0 Å². The lowest BCUT2D eigenvalue weighted by Gasteiger charge is -2.18. The van der Waals surface area contributed by atoms with E-state index in [0.29, 0.717) is 12.0 Å². The standard InChI is InChI=1S/C18H23NS/c1-14(16-7-5-4-6-8-16)13-19-15(2)17-9-11-18(20-3)12-10-17/h4-12,14-15,19H,13H2,1-3H3. The fourth-order valence-corrected chi connectivity index (χ4v) is 2.67. The van der Waals surface area contributed by atoms with Crippen molar-refractivity contribution in [2.45, 2.75) is 30.7 Å². The molecule has 1 nitrogen and oxygen atoms in total. The third-order valence-electron chi connectivity index (χ3n) is 3.71. The summed E-state index contributed by atoms with van der Waals surface area (Å²) in [6.45, 7) is 5.49. The van der Waals surface area contributed by atoms with Crippen LogP contribution in [-0.2, 0) is 0 Å². The second-order valence-electron chi connectivity index (χ2n) is 5.21. The minimum atomic E-state index is 0.386. The molecule has 20 heavy (non-hydrogen) atoms. The smallest absolute Gasteiger partial charge is 0.0292 e. The molecule has 0 radical (unpaired) electrons. The van der Waals surface area contributed by atoms with Crippen molar-refractivity contribution in [1.82, 2.24) is 5.32 Å². The Morgan fingerprint density at radius 2 is 1.55 bits per heavy atom. The van der Waals surface area contributed by atoms with Crippen LogP contribution in [0.3, 0.4) is 0 Å². The Bertz CT molecular complexity index is 507. The molecule has 0 fully saturated rings. The Morgan fingerprint density at radius 1 is 0.900 bits per heavy atom. The summed E-state index contributed by atoms with van der Waals surface area (Å²) in [5, 5.41) is 3.63. The second-order valence-corrected chi connectivity index (χ2v) is 6.09. The van der Waals surface area contributed by atoms with Crippen LogP contribution in [0.2, 0.25) is 0 Å². The lowest BCUT2D eigenvalue weighted by molar-refractivity contribution is 0.537. The van der Waals surface area contributed by atoms with Crippen LogP contribution in [0.5, 0.6) is 0 Å². The normalized spacial score (nSPS) is 13.9. The molecular weight excluding hydrogens is 262 g/mol. The van der Waals surface area contributed by atoms with Crippen LogP contribution in [0.25, 0.3) is 0 Å². The van der Waals surface area contributed by atoms with Crippen molar-refractivity contribution in [1.29, 1.82) is 0 Å². The first-order valence-corrected chi connectivity index (χ1v) is 8.35. The predicted molar refractivity (Wildman–Crippen MR) is 89.5 cm³/mol. The molecule has 0 aliphatic carbocycles. The molecule has 0 aromatic heterocycles. The van der Waals surface area contributed by atoms with Gasteiger partial charge in [-0.15, -0.1) is 11.8 Å². The Kier molecular flexibility index (Phi) is 5.69. The largest absolute Gasteiger partial charge is 0.310 e. The van der Waals surface area contributed by atoms with E-state index in [1.165, 1.54) is 16.0 Å². The molecule has 0 saturated carbocycles. The van der Waals surface area contributed by atoms with E-state index < -0.39 is 0 Å². The van der Waals surface area contributed by atoms with Crippen LogP contribution in [-0.4, -0.2) is 12.8 Å². The fraction of sp³-hybridized carbons (Fsp3) is 0.333. The highest BCUT2D eigenvalue weighted by atomic mass is 32.2. The zero-order valence-corrected chi connectivity index (χ0v) is 13.3. The van der Waals surface area contributed by atoms with E-state index in [9.17, 15) is 0 Å². The van der Waals surface area contributed by atoms with Crippen molar-refractivity contribution in [3.63, 3.8) is 0 Å². The van der Waals surface area contributed by atoms with Gasteiger partial charge in [-0.05, 0) is 42.4 Å². The number of thioether (sulfide) groups is 1. The highest BCUT2D eigenvalue weighted by molar-refractivity contribution is 7.98. The number of rotatable bonds is 6. The molecule has 0 saturated heterocycles. The molecule has 2 aromatic rings. The van der Waals surface area contributed by atoms with Crippen LogP contribution in [0.4, 0.5) is 0 Å². The molecule has 1 N–H and O–H groups in total. The van der Waals surface area contributed by atoms with Crippen molar-refractivity contribution in [2.75, 3.05) is 12.8 Å². The van der Waals surface area contributed by atoms with E-state index in [-0.39, 0.29) is 0 Å². The van der Waals surface area contributed by atoms with Crippen molar-refractivity contribution >= 4 is 11.8 Å².